The van der Waals surface area contributed by atoms with E-state index in [0.717, 1.165) is 0 Å². The summed E-state index contributed by atoms with van der Waals surface area (Å²) in [6.45, 7) is 2.12. The molecular formula is C14H14N2S2. The molecule has 0 spiro atoms. The molecule has 0 saturated carbocycles. The standard InChI is InChI=1S/C14H14N2S2/c1-9-4-2-3-5-10(9)14(16-15)13-8-12-11(18-13)6-7-17-12/h2-8,14,16H,15H2,1H3. The molecule has 0 aliphatic rings. The van der Waals surface area contributed by atoms with Crippen molar-refractivity contribution in [2.24, 2.45) is 5.84 Å². The van der Waals surface area contributed by atoms with Crippen LogP contribution in [0.15, 0.2) is 41.8 Å². The largest absolute Gasteiger partial charge is 0.271 e. The second-order valence-corrected chi connectivity index (χ2v) is 6.32. The van der Waals surface area contributed by atoms with Crippen molar-refractivity contribution in [1.82, 2.24) is 5.43 Å². The van der Waals surface area contributed by atoms with E-state index in [1.165, 1.54) is 25.4 Å². The summed E-state index contributed by atoms with van der Waals surface area (Å²) in [6, 6.07) is 12.8. The third kappa shape index (κ3) is 1.97. The minimum absolute atomic E-state index is 0.0794. The highest BCUT2D eigenvalue weighted by Crippen LogP contribution is 2.36. The van der Waals surface area contributed by atoms with Gasteiger partial charge in [0.25, 0.3) is 0 Å². The normalized spacial score (nSPS) is 13.0. The van der Waals surface area contributed by atoms with Crippen molar-refractivity contribution in [1.29, 1.82) is 0 Å². The zero-order chi connectivity index (χ0) is 12.5. The Kier molecular flexibility index (Phi) is 3.18. The molecule has 0 saturated heterocycles. The molecule has 0 bridgehead atoms. The number of fused-ring (bicyclic) bond motifs is 1. The van der Waals surface area contributed by atoms with Crippen LogP contribution in [0.4, 0.5) is 0 Å². The van der Waals surface area contributed by atoms with Crippen LogP contribution in [-0.4, -0.2) is 0 Å². The Hall–Kier alpha value is -1.20. The molecule has 1 atom stereocenters. The highest BCUT2D eigenvalue weighted by atomic mass is 32.1. The SMILES string of the molecule is Cc1ccccc1C(NN)c1cc2sccc2s1. The van der Waals surface area contributed by atoms with E-state index in [1.54, 1.807) is 11.3 Å². The molecule has 2 nitrogen and oxygen atoms in total. The summed E-state index contributed by atoms with van der Waals surface area (Å²) in [4.78, 5) is 1.27. The second kappa shape index (κ2) is 4.82. The average Bonchev–Trinajstić information content (AvgIpc) is 2.93. The quantitative estimate of drug-likeness (QED) is 0.563. The van der Waals surface area contributed by atoms with E-state index in [1.807, 2.05) is 11.3 Å². The van der Waals surface area contributed by atoms with E-state index < -0.39 is 0 Å². The Morgan fingerprint density at radius 2 is 2.00 bits per heavy atom. The molecule has 3 aromatic rings. The lowest BCUT2D eigenvalue weighted by atomic mass is 10.0. The van der Waals surface area contributed by atoms with E-state index >= 15 is 0 Å². The predicted octanol–water partition coefficient (Wildman–Crippen LogP) is 3.82. The number of thiophene rings is 2. The second-order valence-electron chi connectivity index (χ2n) is 4.25. The van der Waals surface area contributed by atoms with Crippen LogP contribution >= 0.6 is 22.7 Å². The van der Waals surface area contributed by atoms with Crippen LogP contribution in [0.2, 0.25) is 0 Å². The lowest BCUT2D eigenvalue weighted by Gasteiger charge is -2.16. The van der Waals surface area contributed by atoms with E-state index in [2.05, 4.69) is 54.1 Å². The Labute approximate surface area is 114 Å². The van der Waals surface area contributed by atoms with E-state index in [0.29, 0.717) is 0 Å². The number of hydrogen-bond acceptors (Lipinski definition) is 4. The number of aryl methyl sites for hydroxylation is 1. The first-order chi connectivity index (χ1) is 8.79. The molecular weight excluding hydrogens is 260 g/mol. The molecule has 2 heterocycles. The Morgan fingerprint density at radius 3 is 2.72 bits per heavy atom. The first kappa shape index (κ1) is 11.9. The van der Waals surface area contributed by atoms with Gasteiger partial charge in [-0.1, -0.05) is 24.3 Å². The molecule has 2 aromatic heterocycles. The fraction of sp³-hybridized carbons (Fsp3) is 0.143. The maximum Gasteiger partial charge on any atom is 0.0805 e. The number of nitrogens with one attached hydrogen (secondary N) is 1. The minimum atomic E-state index is 0.0794. The fourth-order valence-electron chi connectivity index (χ4n) is 2.16. The minimum Gasteiger partial charge on any atom is -0.271 e. The smallest absolute Gasteiger partial charge is 0.0805 e. The zero-order valence-corrected chi connectivity index (χ0v) is 11.6. The van der Waals surface area contributed by atoms with Crippen molar-refractivity contribution >= 4 is 32.1 Å². The van der Waals surface area contributed by atoms with Crippen LogP contribution in [0, 0.1) is 6.92 Å². The number of hydrazine groups is 1. The lowest BCUT2D eigenvalue weighted by molar-refractivity contribution is 0.643. The monoisotopic (exact) mass is 274 g/mol. The van der Waals surface area contributed by atoms with Gasteiger partial charge < -0.3 is 0 Å². The molecule has 1 aromatic carbocycles. The third-order valence-corrected chi connectivity index (χ3v) is 5.27. The van der Waals surface area contributed by atoms with Gasteiger partial charge in [0, 0.05) is 14.3 Å². The van der Waals surface area contributed by atoms with E-state index in [9.17, 15) is 0 Å². The first-order valence-electron chi connectivity index (χ1n) is 5.78. The first-order valence-corrected chi connectivity index (χ1v) is 7.48. The molecule has 0 radical (unpaired) electrons. The molecule has 92 valence electrons. The van der Waals surface area contributed by atoms with Crippen molar-refractivity contribution in [2.75, 3.05) is 0 Å². The predicted molar refractivity (Wildman–Crippen MR) is 80.0 cm³/mol. The summed E-state index contributed by atoms with van der Waals surface area (Å²) >= 11 is 3.59. The molecule has 3 rings (SSSR count). The van der Waals surface area contributed by atoms with Gasteiger partial charge >= 0.3 is 0 Å². The number of benzene rings is 1. The van der Waals surface area contributed by atoms with Crippen LogP contribution in [0.1, 0.15) is 22.0 Å². The topological polar surface area (TPSA) is 38.0 Å². The maximum absolute atomic E-state index is 5.76. The summed E-state index contributed by atoms with van der Waals surface area (Å²) in [7, 11) is 0. The Bertz CT molecular complexity index is 641. The van der Waals surface area contributed by atoms with Crippen LogP contribution < -0.4 is 11.3 Å². The zero-order valence-electron chi connectivity index (χ0n) is 10.0. The van der Waals surface area contributed by atoms with Gasteiger partial charge in [-0.3, -0.25) is 5.84 Å². The summed E-state index contributed by atoms with van der Waals surface area (Å²) in [6.07, 6.45) is 0. The maximum atomic E-state index is 5.76. The fourth-order valence-corrected chi connectivity index (χ4v) is 4.36. The van der Waals surface area contributed by atoms with E-state index in [-0.39, 0.29) is 6.04 Å². The number of hydrogen-bond donors (Lipinski definition) is 2. The summed E-state index contributed by atoms with van der Waals surface area (Å²) in [5.74, 6) is 5.76. The third-order valence-electron chi connectivity index (χ3n) is 3.11. The van der Waals surface area contributed by atoms with Gasteiger partial charge in [0.05, 0.1) is 6.04 Å². The summed E-state index contributed by atoms with van der Waals surface area (Å²) in [5.41, 5.74) is 5.45. The molecule has 0 aliphatic heterocycles. The van der Waals surface area contributed by atoms with E-state index in [4.69, 9.17) is 5.84 Å². The van der Waals surface area contributed by atoms with Gasteiger partial charge in [0.2, 0.25) is 0 Å². The summed E-state index contributed by atoms with van der Waals surface area (Å²) < 4.78 is 2.67. The van der Waals surface area contributed by atoms with Gasteiger partial charge in [-0.2, -0.15) is 0 Å². The van der Waals surface area contributed by atoms with Crippen molar-refractivity contribution in [2.45, 2.75) is 13.0 Å². The highest BCUT2D eigenvalue weighted by molar-refractivity contribution is 7.27. The number of nitrogens with two attached hydrogens (primary N) is 1. The Morgan fingerprint density at radius 1 is 1.17 bits per heavy atom. The molecule has 0 fully saturated rings. The van der Waals surface area contributed by atoms with Gasteiger partial charge in [-0.25, -0.2) is 5.43 Å². The Balaban J connectivity index is 2.07. The van der Waals surface area contributed by atoms with Gasteiger partial charge in [0.15, 0.2) is 0 Å². The van der Waals surface area contributed by atoms with Crippen molar-refractivity contribution in [3.63, 3.8) is 0 Å². The van der Waals surface area contributed by atoms with Crippen LogP contribution in [0.25, 0.3) is 9.40 Å². The van der Waals surface area contributed by atoms with Crippen LogP contribution in [0.3, 0.4) is 0 Å². The van der Waals surface area contributed by atoms with Crippen molar-refractivity contribution in [3.05, 3.63) is 57.8 Å². The average molecular weight is 274 g/mol. The van der Waals surface area contributed by atoms with Crippen LogP contribution in [0.5, 0.6) is 0 Å². The highest BCUT2D eigenvalue weighted by Gasteiger charge is 2.17. The molecule has 4 heteroatoms. The number of rotatable bonds is 3. The molecule has 18 heavy (non-hydrogen) atoms. The van der Waals surface area contributed by atoms with Gasteiger partial charge in [-0.15, -0.1) is 22.7 Å². The van der Waals surface area contributed by atoms with Crippen molar-refractivity contribution < 1.29 is 0 Å². The molecule has 1 unspecified atom stereocenters. The van der Waals surface area contributed by atoms with Crippen LogP contribution in [-0.2, 0) is 0 Å². The lowest BCUT2D eigenvalue weighted by Crippen LogP contribution is -2.28. The molecule has 0 amide bonds. The summed E-state index contributed by atoms with van der Waals surface area (Å²) in [5, 5.41) is 2.13. The molecule has 3 N–H and O–H groups in total. The van der Waals surface area contributed by atoms with Gasteiger partial charge in [0.1, 0.15) is 0 Å². The molecule has 0 aliphatic carbocycles. The van der Waals surface area contributed by atoms with Crippen molar-refractivity contribution in [3.8, 4) is 0 Å². The van der Waals surface area contributed by atoms with Gasteiger partial charge in [-0.05, 0) is 35.6 Å².